The zero-order valence-electron chi connectivity index (χ0n) is 15.8. The van der Waals surface area contributed by atoms with Crippen LogP contribution >= 0.6 is 11.8 Å². The van der Waals surface area contributed by atoms with E-state index in [0.29, 0.717) is 12.2 Å². The molecule has 1 atom stereocenters. The summed E-state index contributed by atoms with van der Waals surface area (Å²) >= 11 is 1.40. The first-order valence-corrected chi connectivity index (χ1v) is 12.3. The molecule has 0 aliphatic rings. The molecule has 0 heterocycles. The summed E-state index contributed by atoms with van der Waals surface area (Å²) in [6.45, 7) is 10.4. The standard InChI is InChI=1S/C18H27F3O3SSi/c1-17(2,3)26(4,5)24-14(12-16(22)23)10-11-25-15-8-6-13(7-9-15)18(19,20)21/h6-9,14H,10-12H2,1-5H3,(H,22,23). The first-order valence-electron chi connectivity index (χ1n) is 8.42. The van der Waals surface area contributed by atoms with Gasteiger partial charge in [-0.05, 0) is 48.8 Å². The van der Waals surface area contributed by atoms with Crippen LogP contribution < -0.4 is 0 Å². The maximum Gasteiger partial charge on any atom is 0.416 e. The lowest BCUT2D eigenvalue weighted by molar-refractivity contribution is -0.139. The highest BCUT2D eigenvalue weighted by atomic mass is 32.2. The molecule has 0 aliphatic carbocycles. The summed E-state index contributed by atoms with van der Waals surface area (Å²) < 4.78 is 43.9. The SMILES string of the molecule is CC(C)(C)[Si](C)(C)OC(CCSc1ccc(C(F)(F)F)cc1)CC(=O)O. The van der Waals surface area contributed by atoms with Gasteiger partial charge in [0.1, 0.15) is 0 Å². The summed E-state index contributed by atoms with van der Waals surface area (Å²) in [5.74, 6) is -0.328. The van der Waals surface area contributed by atoms with Crippen LogP contribution in [-0.4, -0.2) is 31.3 Å². The van der Waals surface area contributed by atoms with Crippen LogP contribution in [0.4, 0.5) is 13.2 Å². The highest BCUT2D eigenvalue weighted by molar-refractivity contribution is 7.99. The van der Waals surface area contributed by atoms with E-state index >= 15 is 0 Å². The van der Waals surface area contributed by atoms with Crippen LogP contribution in [0, 0.1) is 0 Å². The second-order valence-corrected chi connectivity index (χ2v) is 13.7. The van der Waals surface area contributed by atoms with E-state index in [-0.39, 0.29) is 11.5 Å². The Balaban J connectivity index is 2.66. The molecule has 0 radical (unpaired) electrons. The maximum absolute atomic E-state index is 12.6. The lowest BCUT2D eigenvalue weighted by Crippen LogP contribution is -2.44. The van der Waals surface area contributed by atoms with Crippen LogP contribution in [0.25, 0.3) is 0 Å². The summed E-state index contributed by atoms with van der Waals surface area (Å²) in [4.78, 5) is 11.9. The number of hydrogen-bond acceptors (Lipinski definition) is 3. The summed E-state index contributed by atoms with van der Waals surface area (Å²) in [7, 11) is -2.09. The highest BCUT2D eigenvalue weighted by Gasteiger charge is 2.39. The van der Waals surface area contributed by atoms with Crippen molar-refractivity contribution in [3.8, 4) is 0 Å². The van der Waals surface area contributed by atoms with Crippen LogP contribution in [0.2, 0.25) is 18.1 Å². The number of hydrogen-bond donors (Lipinski definition) is 1. The van der Waals surface area contributed by atoms with Crippen molar-refractivity contribution in [2.24, 2.45) is 0 Å². The Hall–Kier alpha value is -0.993. The largest absolute Gasteiger partial charge is 0.481 e. The van der Waals surface area contributed by atoms with Gasteiger partial charge in [0.25, 0.3) is 0 Å². The minimum atomic E-state index is -4.34. The molecule has 148 valence electrons. The predicted molar refractivity (Wildman–Crippen MR) is 101 cm³/mol. The van der Waals surface area contributed by atoms with Gasteiger partial charge in [-0.1, -0.05) is 20.8 Å². The van der Waals surface area contributed by atoms with Crippen LogP contribution in [0.3, 0.4) is 0 Å². The third-order valence-corrected chi connectivity index (χ3v) is 10.1. The average Bonchev–Trinajstić information content (AvgIpc) is 2.44. The van der Waals surface area contributed by atoms with Gasteiger partial charge in [0.05, 0.1) is 18.1 Å². The normalized spacial score (nSPS) is 14.3. The molecular formula is C18H27F3O3SSi. The number of thioether (sulfide) groups is 1. The van der Waals surface area contributed by atoms with Crippen molar-refractivity contribution in [3.63, 3.8) is 0 Å². The minimum Gasteiger partial charge on any atom is -0.481 e. The smallest absolute Gasteiger partial charge is 0.416 e. The molecule has 1 rings (SSSR count). The van der Waals surface area contributed by atoms with Crippen molar-refractivity contribution in [1.29, 1.82) is 0 Å². The van der Waals surface area contributed by atoms with Gasteiger partial charge in [-0.15, -0.1) is 11.8 Å². The predicted octanol–water partition coefficient (Wildman–Crippen LogP) is 6.05. The third-order valence-electron chi connectivity index (χ3n) is 4.56. The topological polar surface area (TPSA) is 46.5 Å². The molecule has 0 saturated carbocycles. The van der Waals surface area contributed by atoms with Crippen molar-refractivity contribution in [3.05, 3.63) is 29.8 Å². The van der Waals surface area contributed by atoms with Crippen LogP contribution in [-0.2, 0) is 15.4 Å². The molecule has 0 bridgehead atoms. The Morgan fingerprint density at radius 1 is 1.19 bits per heavy atom. The third kappa shape index (κ3) is 7.32. The van der Waals surface area contributed by atoms with Crippen molar-refractivity contribution < 1.29 is 27.5 Å². The first-order chi connectivity index (χ1) is 11.7. The monoisotopic (exact) mass is 408 g/mol. The van der Waals surface area contributed by atoms with Crippen molar-refractivity contribution in [1.82, 2.24) is 0 Å². The Kier molecular flexibility index (Phi) is 7.80. The molecule has 0 aromatic heterocycles. The zero-order chi connectivity index (χ0) is 20.2. The zero-order valence-corrected chi connectivity index (χ0v) is 17.6. The van der Waals surface area contributed by atoms with Gasteiger partial charge in [0.2, 0.25) is 0 Å². The van der Waals surface area contributed by atoms with Gasteiger partial charge >= 0.3 is 12.1 Å². The number of rotatable bonds is 8. The lowest BCUT2D eigenvalue weighted by Gasteiger charge is -2.39. The van der Waals surface area contributed by atoms with E-state index in [0.717, 1.165) is 17.0 Å². The number of halogens is 3. The average molecular weight is 409 g/mol. The second-order valence-electron chi connectivity index (χ2n) is 7.76. The second kappa shape index (κ2) is 8.80. The summed E-state index contributed by atoms with van der Waals surface area (Å²) in [5.41, 5.74) is -0.674. The Morgan fingerprint density at radius 2 is 1.73 bits per heavy atom. The van der Waals surface area contributed by atoms with E-state index in [2.05, 4.69) is 33.9 Å². The molecule has 0 fully saturated rings. The van der Waals surface area contributed by atoms with E-state index < -0.39 is 32.1 Å². The van der Waals surface area contributed by atoms with Gasteiger partial charge in [-0.2, -0.15) is 13.2 Å². The Bertz CT molecular complexity index is 595. The van der Waals surface area contributed by atoms with Crippen LogP contribution in [0.1, 0.15) is 39.2 Å². The molecule has 8 heteroatoms. The molecular weight excluding hydrogens is 381 g/mol. The number of alkyl halides is 3. The molecule has 1 unspecified atom stereocenters. The molecule has 0 amide bonds. The fourth-order valence-electron chi connectivity index (χ4n) is 2.04. The number of aliphatic carboxylic acids is 1. The highest BCUT2D eigenvalue weighted by Crippen LogP contribution is 2.38. The maximum atomic E-state index is 12.6. The fourth-order valence-corrected chi connectivity index (χ4v) is 4.37. The minimum absolute atomic E-state index is 0.0235. The Labute approximate surface area is 158 Å². The first kappa shape index (κ1) is 23.0. The molecule has 1 aromatic rings. The quantitative estimate of drug-likeness (QED) is 0.420. The van der Waals surface area contributed by atoms with E-state index in [1.165, 1.54) is 23.9 Å². The van der Waals surface area contributed by atoms with Crippen LogP contribution in [0.5, 0.6) is 0 Å². The van der Waals surface area contributed by atoms with Crippen molar-refractivity contribution in [2.45, 2.75) is 68.9 Å². The Morgan fingerprint density at radius 3 is 2.15 bits per heavy atom. The van der Waals surface area contributed by atoms with E-state index in [9.17, 15) is 18.0 Å². The molecule has 26 heavy (non-hydrogen) atoms. The molecule has 1 aromatic carbocycles. The number of carboxylic acid groups (broad SMARTS) is 1. The van der Waals surface area contributed by atoms with Gasteiger partial charge in [0, 0.05) is 10.6 Å². The number of benzene rings is 1. The van der Waals surface area contributed by atoms with Crippen molar-refractivity contribution >= 4 is 26.0 Å². The van der Waals surface area contributed by atoms with Gasteiger partial charge < -0.3 is 9.53 Å². The number of carboxylic acids is 1. The van der Waals surface area contributed by atoms with Gasteiger partial charge in [-0.25, -0.2) is 0 Å². The lowest BCUT2D eigenvalue weighted by atomic mass is 10.2. The molecule has 0 aliphatic heterocycles. The van der Waals surface area contributed by atoms with Crippen LogP contribution in [0.15, 0.2) is 29.2 Å². The van der Waals surface area contributed by atoms with Crippen molar-refractivity contribution in [2.75, 3.05) is 5.75 Å². The molecule has 0 spiro atoms. The van der Waals surface area contributed by atoms with E-state index in [4.69, 9.17) is 9.53 Å². The van der Waals surface area contributed by atoms with Gasteiger partial charge in [0.15, 0.2) is 8.32 Å². The van der Waals surface area contributed by atoms with E-state index in [1.807, 2.05) is 0 Å². The summed E-state index contributed by atoms with van der Waals surface area (Å²) in [5, 5.41) is 9.11. The van der Waals surface area contributed by atoms with Gasteiger partial charge in [-0.3, -0.25) is 4.79 Å². The number of carbonyl (C=O) groups is 1. The summed E-state index contributed by atoms with van der Waals surface area (Å²) in [6.07, 6.45) is -4.27. The fraction of sp³-hybridized carbons (Fsp3) is 0.611. The molecule has 3 nitrogen and oxygen atoms in total. The van der Waals surface area contributed by atoms with E-state index in [1.54, 1.807) is 0 Å². The summed E-state index contributed by atoms with van der Waals surface area (Å²) in [6, 6.07) is 5.00. The molecule has 0 saturated heterocycles. The molecule has 1 N–H and O–H groups in total.